The second kappa shape index (κ2) is 6.07. The van der Waals surface area contributed by atoms with Gasteiger partial charge in [-0.3, -0.25) is 9.59 Å². The van der Waals surface area contributed by atoms with Crippen LogP contribution in [0.1, 0.15) is 33.8 Å². The lowest BCUT2D eigenvalue weighted by Crippen LogP contribution is -2.33. The largest absolute Gasteiger partial charge is 0.331 e. The highest BCUT2D eigenvalue weighted by Crippen LogP contribution is 2.32. The van der Waals surface area contributed by atoms with E-state index in [1.165, 1.54) is 29.5 Å². The number of nitrogens with one attached hydrogen (secondary N) is 1. The Hall–Kier alpha value is -2.54. The molecule has 1 aromatic carbocycles. The molecule has 0 saturated heterocycles. The molecule has 0 spiro atoms. The fourth-order valence-electron chi connectivity index (χ4n) is 3.01. The molecular weight excluding hydrogens is 341 g/mol. The number of rotatable bonds is 4. The summed E-state index contributed by atoms with van der Waals surface area (Å²) in [6.45, 7) is 2.15. The molecule has 7 heteroatoms. The third kappa shape index (κ3) is 3.07. The van der Waals surface area contributed by atoms with Crippen molar-refractivity contribution < 1.29 is 9.18 Å². The van der Waals surface area contributed by atoms with Gasteiger partial charge >= 0.3 is 0 Å². The highest BCUT2D eigenvalue weighted by atomic mass is 32.1. The van der Waals surface area contributed by atoms with Gasteiger partial charge in [0.25, 0.3) is 5.91 Å². The van der Waals surface area contributed by atoms with Crippen molar-refractivity contribution in [3.63, 3.8) is 0 Å². The van der Waals surface area contributed by atoms with Gasteiger partial charge in [-0.05, 0) is 43.5 Å². The Morgan fingerprint density at radius 1 is 1.40 bits per heavy atom. The van der Waals surface area contributed by atoms with E-state index >= 15 is 0 Å². The molecule has 0 atom stereocenters. The second-order valence-corrected chi connectivity index (χ2v) is 7.13. The number of carbonyl (C=O) groups is 1. The summed E-state index contributed by atoms with van der Waals surface area (Å²) in [7, 11) is 0. The number of carbonyl (C=O) groups excluding carboxylic acids is 1. The van der Waals surface area contributed by atoms with Crippen LogP contribution in [0.15, 0.2) is 34.6 Å². The SMILES string of the molecule is Cc1ncsc1C(=O)N(Cc1cc(=O)[nH]c2cc(F)ccc12)C1CC1. The molecule has 0 bridgehead atoms. The van der Waals surface area contributed by atoms with Gasteiger partial charge in [0.15, 0.2) is 0 Å². The maximum atomic E-state index is 13.5. The van der Waals surface area contributed by atoms with Crippen LogP contribution in [-0.4, -0.2) is 26.8 Å². The number of amides is 1. The summed E-state index contributed by atoms with van der Waals surface area (Å²) >= 11 is 1.33. The average molecular weight is 357 g/mol. The second-order valence-electron chi connectivity index (χ2n) is 6.28. The van der Waals surface area contributed by atoms with Crippen LogP contribution >= 0.6 is 11.3 Å². The number of aryl methyl sites for hydroxylation is 1. The fraction of sp³-hybridized carbons (Fsp3) is 0.278. The fourth-order valence-corrected chi connectivity index (χ4v) is 3.77. The normalized spacial score (nSPS) is 14.0. The summed E-state index contributed by atoms with van der Waals surface area (Å²) < 4.78 is 13.5. The number of fused-ring (bicyclic) bond motifs is 1. The predicted octanol–water partition coefficient (Wildman–Crippen LogP) is 3.24. The number of pyridine rings is 1. The molecule has 128 valence electrons. The zero-order valence-electron chi connectivity index (χ0n) is 13.6. The molecule has 2 aromatic heterocycles. The molecule has 4 rings (SSSR count). The van der Waals surface area contributed by atoms with Crippen molar-refractivity contribution in [1.82, 2.24) is 14.9 Å². The minimum Gasteiger partial charge on any atom is -0.331 e. The highest BCUT2D eigenvalue weighted by molar-refractivity contribution is 7.11. The van der Waals surface area contributed by atoms with Crippen LogP contribution in [0, 0.1) is 12.7 Å². The Kier molecular flexibility index (Phi) is 3.88. The van der Waals surface area contributed by atoms with E-state index in [1.54, 1.807) is 16.5 Å². The first-order chi connectivity index (χ1) is 12.0. The summed E-state index contributed by atoms with van der Waals surface area (Å²) in [4.78, 5) is 34.1. The number of H-pyrrole nitrogens is 1. The Morgan fingerprint density at radius 2 is 2.20 bits per heavy atom. The van der Waals surface area contributed by atoms with E-state index in [2.05, 4.69) is 9.97 Å². The lowest BCUT2D eigenvalue weighted by molar-refractivity contribution is 0.0734. The predicted molar refractivity (Wildman–Crippen MR) is 94.3 cm³/mol. The lowest BCUT2D eigenvalue weighted by Gasteiger charge is -2.23. The van der Waals surface area contributed by atoms with Crippen LogP contribution in [0.2, 0.25) is 0 Å². The Balaban J connectivity index is 1.74. The number of thiazole rings is 1. The molecule has 2 heterocycles. The van der Waals surface area contributed by atoms with Gasteiger partial charge in [-0.15, -0.1) is 11.3 Å². The van der Waals surface area contributed by atoms with E-state index in [0.29, 0.717) is 16.9 Å². The first kappa shape index (κ1) is 16.0. The Bertz CT molecular complexity index is 1020. The molecular formula is C18H16FN3O2S. The van der Waals surface area contributed by atoms with Crippen molar-refractivity contribution in [1.29, 1.82) is 0 Å². The summed E-state index contributed by atoms with van der Waals surface area (Å²) in [6, 6.07) is 5.98. The van der Waals surface area contributed by atoms with Crippen LogP contribution in [-0.2, 0) is 6.54 Å². The van der Waals surface area contributed by atoms with Gasteiger partial charge in [0, 0.05) is 24.0 Å². The van der Waals surface area contributed by atoms with Crippen molar-refractivity contribution in [2.45, 2.75) is 32.4 Å². The van der Waals surface area contributed by atoms with E-state index in [1.807, 2.05) is 6.92 Å². The maximum absolute atomic E-state index is 13.5. The Morgan fingerprint density at radius 3 is 2.88 bits per heavy atom. The van der Waals surface area contributed by atoms with Gasteiger partial charge in [0.05, 0.1) is 16.7 Å². The van der Waals surface area contributed by atoms with E-state index < -0.39 is 5.82 Å². The van der Waals surface area contributed by atoms with Crippen LogP contribution in [0.25, 0.3) is 10.9 Å². The van der Waals surface area contributed by atoms with Crippen molar-refractivity contribution >= 4 is 28.1 Å². The number of aromatic amines is 1. The number of nitrogens with zero attached hydrogens (tertiary/aromatic N) is 2. The summed E-state index contributed by atoms with van der Waals surface area (Å²) in [5.41, 5.74) is 3.25. The van der Waals surface area contributed by atoms with Gasteiger partial charge < -0.3 is 9.88 Å². The molecule has 5 nitrogen and oxygen atoms in total. The summed E-state index contributed by atoms with van der Waals surface area (Å²) in [5.74, 6) is -0.464. The van der Waals surface area contributed by atoms with Gasteiger partial charge in [-0.2, -0.15) is 0 Å². The number of hydrogen-bond donors (Lipinski definition) is 1. The number of halogens is 1. The topological polar surface area (TPSA) is 66.1 Å². The molecule has 0 unspecified atom stereocenters. The zero-order chi connectivity index (χ0) is 17.6. The van der Waals surface area contributed by atoms with Crippen molar-refractivity contribution in [3.8, 4) is 0 Å². The zero-order valence-corrected chi connectivity index (χ0v) is 14.4. The molecule has 0 radical (unpaired) electrons. The molecule has 1 N–H and O–H groups in total. The van der Waals surface area contributed by atoms with Gasteiger partial charge in [-0.1, -0.05) is 0 Å². The van der Waals surface area contributed by atoms with E-state index in [9.17, 15) is 14.0 Å². The molecule has 1 fully saturated rings. The molecule has 3 aromatic rings. The number of hydrogen-bond acceptors (Lipinski definition) is 4. The monoisotopic (exact) mass is 357 g/mol. The third-order valence-corrected chi connectivity index (χ3v) is 5.34. The van der Waals surface area contributed by atoms with E-state index in [0.717, 1.165) is 29.5 Å². The molecule has 25 heavy (non-hydrogen) atoms. The standard InChI is InChI=1S/C18H16FN3O2S/c1-10-17(25-9-20-10)18(24)22(13-3-4-13)8-11-6-16(23)21-15-7-12(19)2-5-14(11)15/h2,5-7,9,13H,3-4,8H2,1H3,(H,21,23). The van der Waals surface area contributed by atoms with Crippen LogP contribution in [0.3, 0.4) is 0 Å². The van der Waals surface area contributed by atoms with Crippen LogP contribution in [0.4, 0.5) is 4.39 Å². The quantitative estimate of drug-likeness (QED) is 0.779. The minimum absolute atomic E-state index is 0.0574. The molecule has 1 aliphatic carbocycles. The minimum atomic E-state index is -0.407. The van der Waals surface area contributed by atoms with Crippen LogP contribution in [0.5, 0.6) is 0 Å². The first-order valence-electron chi connectivity index (χ1n) is 8.05. The maximum Gasteiger partial charge on any atom is 0.266 e. The molecule has 1 aliphatic rings. The van der Waals surface area contributed by atoms with Crippen molar-refractivity contribution in [2.24, 2.45) is 0 Å². The lowest BCUT2D eigenvalue weighted by atomic mass is 10.1. The number of benzene rings is 1. The smallest absolute Gasteiger partial charge is 0.266 e. The molecule has 1 saturated carbocycles. The summed E-state index contributed by atoms with van der Waals surface area (Å²) in [6.07, 6.45) is 1.92. The number of aromatic nitrogens is 2. The van der Waals surface area contributed by atoms with E-state index in [-0.39, 0.29) is 17.5 Å². The van der Waals surface area contributed by atoms with Gasteiger partial charge in [0.2, 0.25) is 5.56 Å². The first-order valence-corrected chi connectivity index (χ1v) is 8.93. The van der Waals surface area contributed by atoms with E-state index in [4.69, 9.17) is 0 Å². The third-order valence-electron chi connectivity index (χ3n) is 4.42. The van der Waals surface area contributed by atoms with Crippen molar-refractivity contribution in [3.05, 3.63) is 62.1 Å². The molecule has 1 amide bonds. The highest BCUT2D eigenvalue weighted by Gasteiger charge is 2.34. The summed E-state index contributed by atoms with van der Waals surface area (Å²) in [5, 5.41) is 0.750. The average Bonchev–Trinajstić information content (AvgIpc) is 3.32. The molecule has 0 aliphatic heterocycles. The van der Waals surface area contributed by atoms with Crippen molar-refractivity contribution in [2.75, 3.05) is 0 Å². The van der Waals surface area contributed by atoms with Gasteiger partial charge in [-0.25, -0.2) is 9.37 Å². The van der Waals surface area contributed by atoms with Gasteiger partial charge in [0.1, 0.15) is 10.7 Å². The van der Waals surface area contributed by atoms with Crippen LogP contribution < -0.4 is 5.56 Å². The Labute approximate surface area is 147 Å².